The molecule has 21 heavy (non-hydrogen) atoms. The van der Waals surface area contributed by atoms with Gasteiger partial charge in [0.25, 0.3) is 0 Å². The molecule has 1 amide bonds. The van der Waals surface area contributed by atoms with Crippen molar-refractivity contribution in [3.8, 4) is 5.75 Å². The number of anilines is 1. The summed E-state index contributed by atoms with van der Waals surface area (Å²) in [7, 11) is 1.54. The zero-order chi connectivity index (χ0) is 14.8. The number of hydrogen-bond donors (Lipinski definition) is 1. The number of methoxy groups -OCH3 is 1. The predicted octanol–water partition coefficient (Wildman–Crippen LogP) is 3.05. The van der Waals surface area contributed by atoms with Crippen LogP contribution in [0.4, 0.5) is 5.69 Å². The lowest BCUT2D eigenvalue weighted by Crippen LogP contribution is -2.24. The van der Waals surface area contributed by atoms with Gasteiger partial charge in [0.15, 0.2) is 0 Å². The summed E-state index contributed by atoms with van der Waals surface area (Å²) >= 11 is 1.12. The highest BCUT2D eigenvalue weighted by molar-refractivity contribution is 8.14. The van der Waals surface area contributed by atoms with Crippen LogP contribution in [0.5, 0.6) is 5.75 Å². The van der Waals surface area contributed by atoms with Crippen molar-refractivity contribution >= 4 is 28.5 Å². The molecule has 106 valence electrons. The second kappa shape index (κ2) is 5.61. The lowest BCUT2D eigenvalue weighted by molar-refractivity contribution is -0.123. The number of fused-ring (bicyclic) bond motifs is 1. The second-order valence-electron chi connectivity index (χ2n) is 4.58. The minimum atomic E-state index is -0.767. The standard InChI is InChI=1S/C16H13NO3S/c1-20-12-8-4-3-7-11(12)17-15(18)14-10-6-2-5-9-13(10)21-16(14)19/h2-9,14H,1H3,(H,17,18). The number of carbonyl (C=O) groups is 2. The maximum atomic E-state index is 12.5. The summed E-state index contributed by atoms with van der Waals surface area (Å²) in [6, 6.07) is 14.5. The number of para-hydroxylation sites is 2. The summed E-state index contributed by atoms with van der Waals surface area (Å²) in [6.07, 6.45) is 0. The molecule has 0 spiro atoms. The van der Waals surface area contributed by atoms with Gasteiger partial charge in [0.2, 0.25) is 11.0 Å². The van der Waals surface area contributed by atoms with Crippen LogP contribution < -0.4 is 10.1 Å². The Hall–Kier alpha value is -2.27. The van der Waals surface area contributed by atoms with Crippen molar-refractivity contribution in [2.45, 2.75) is 10.8 Å². The van der Waals surface area contributed by atoms with Crippen LogP contribution in [-0.4, -0.2) is 18.1 Å². The molecular formula is C16H13NO3S. The van der Waals surface area contributed by atoms with Crippen molar-refractivity contribution < 1.29 is 14.3 Å². The van der Waals surface area contributed by atoms with E-state index in [-0.39, 0.29) is 11.0 Å². The Morgan fingerprint density at radius 1 is 1.14 bits per heavy atom. The molecule has 5 heteroatoms. The zero-order valence-corrected chi connectivity index (χ0v) is 12.1. The molecule has 2 aromatic carbocycles. The van der Waals surface area contributed by atoms with E-state index in [0.717, 1.165) is 22.2 Å². The van der Waals surface area contributed by atoms with E-state index in [1.165, 1.54) is 7.11 Å². The third-order valence-corrected chi connectivity index (χ3v) is 4.33. The molecule has 1 unspecified atom stereocenters. The zero-order valence-electron chi connectivity index (χ0n) is 11.3. The van der Waals surface area contributed by atoms with Crippen molar-refractivity contribution in [1.29, 1.82) is 0 Å². The number of benzene rings is 2. The van der Waals surface area contributed by atoms with Crippen LogP contribution in [0.25, 0.3) is 0 Å². The summed E-state index contributed by atoms with van der Waals surface area (Å²) in [5, 5.41) is 2.63. The van der Waals surface area contributed by atoms with Gasteiger partial charge >= 0.3 is 0 Å². The number of hydrogen-bond acceptors (Lipinski definition) is 4. The Bertz CT molecular complexity index is 714. The van der Waals surface area contributed by atoms with Gasteiger partial charge in [-0.3, -0.25) is 9.59 Å². The largest absolute Gasteiger partial charge is 0.495 e. The summed E-state index contributed by atoms with van der Waals surface area (Å²) < 4.78 is 5.20. The fourth-order valence-corrected chi connectivity index (χ4v) is 3.33. The van der Waals surface area contributed by atoms with Gasteiger partial charge in [-0.2, -0.15) is 0 Å². The number of carbonyl (C=O) groups excluding carboxylic acids is 2. The molecule has 4 nitrogen and oxygen atoms in total. The van der Waals surface area contributed by atoms with Gasteiger partial charge in [0.1, 0.15) is 11.7 Å². The Morgan fingerprint density at radius 2 is 1.86 bits per heavy atom. The molecule has 0 saturated heterocycles. The fraction of sp³-hybridized carbons (Fsp3) is 0.125. The highest BCUT2D eigenvalue weighted by atomic mass is 32.2. The molecule has 1 heterocycles. The topological polar surface area (TPSA) is 55.4 Å². The van der Waals surface area contributed by atoms with Crippen LogP contribution in [-0.2, 0) is 9.59 Å². The number of rotatable bonds is 3. The Morgan fingerprint density at radius 3 is 2.67 bits per heavy atom. The van der Waals surface area contributed by atoms with Crippen LogP contribution in [0.1, 0.15) is 11.5 Å². The minimum Gasteiger partial charge on any atom is -0.495 e. The van der Waals surface area contributed by atoms with E-state index >= 15 is 0 Å². The van der Waals surface area contributed by atoms with Crippen LogP contribution in [0, 0.1) is 0 Å². The minimum absolute atomic E-state index is 0.149. The molecule has 1 aliphatic rings. The number of ether oxygens (including phenoxy) is 1. The fourth-order valence-electron chi connectivity index (χ4n) is 2.31. The van der Waals surface area contributed by atoms with Gasteiger partial charge in [-0.15, -0.1) is 0 Å². The first-order chi connectivity index (χ1) is 10.2. The average molecular weight is 299 g/mol. The molecule has 0 fully saturated rings. The van der Waals surface area contributed by atoms with Crippen molar-refractivity contribution in [3.05, 3.63) is 54.1 Å². The number of nitrogens with one attached hydrogen (secondary N) is 1. The lowest BCUT2D eigenvalue weighted by atomic mass is 10.00. The van der Waals surface area contributed by atoms with Gasteiger partial charge in [0.05, 0.1) is 12.8 Å². The predicted molar refractivity (Wildman–Crippen MR) is 81.7 cm³/mol. The highest BCUT2D eigenvalue weighted by Gasteiger charge is 2.37. The smallest absolute Gasteiger partial charge is 0.240 e. The lowest BCUT2D eigenvalue weighted by Gasteiger charge is -2.13. The van der Waals surface area contributed by atoms with Crippen molar-refractivity contribution in [3.63, 3.8) is 0 Å². The summed E-state index contributed by atoms with van der Waals surface area (Å²) in [4.78, 5) is 25.4. The molecule has 1 aliphatic heterocycles. The molecule has 0 aromatic heterocycles. The molecule has 1 atom stereocenters. The Kier molecular flexibility index (Phi) is 3.66. The molecule has 1 N–H and O–H groups in total. The van der Waals surface area contributed by atoms with Crippen LogP contribution >= 0.6 is 11.8 Å². The third-order valence-electron chi connectivity index (χ3n) is 3.30. The van der Waals surface area contributed by atoms with Gasteiger partial charge < -0.3 is 10.1 Å². The van der Waals surface area contributed by atoms with Crippen LogP contribution in [0.3, 0.4) is 0 Å². The molecular weight excluding hydrogens is 286 g/mol. The van der Waals surface area contributed by atoms with E-state index in [9.17, 15) is 9.59 Å². The molecule has 3 rings (SSSR count). The molecule has 0 saturated carbocycles. The van der Waals surface area contributed by atoms with Gasteiger partial charge in [-0.1, -0.05) is 42.1 Å². The maximum absolute atomic E-state index is 12.5. The van der Waals surface area contributed by atoms with Gasteiger partial charge in [0, 0.05) is 4.90 Å². The summed E-state index contributed by atoms with van der Waals surface area (Å²) in [5.41, 5.74) is 1.33. The van der Waals surface area contributed by atoms with Crippen molar-refractivity contribution in [1.82, 2.24) is 0 Å². The van der Waals surface area contributed by atoms with E-state index in [0.29, 0.717) is 11.4 Å². The molecule has 0 bridgehead atoms. The SMILES string of the molecule is COc1ccccc1NC(=O)C1C(=O)Sc2ccccc21. The van der Waals surface area contributed by atoms with Gasteiger partial charge in [-0.05, 0) is 23.8 Å². The van der Waals surface area contributed by atoms with E-state index in [2.05, 4.69) is 5.32 Å². The molecule has 2 aromatic rings. The van der Waals surface area contributed by atoms with E-state index < -0.39 is 5.92 Å². The number of amides is 1. The Labute approximate surface area is 126 Å². The van der Waals surface area contributed by atoms with Crippen LogP contribution in [0.15, 0.2) is 53.4 Å². The van der Waals surface area contributed by atoms with E-state index in [1.54, 1.807) is 18.2 Å². The summed E-state index contributed by atoms with van der Waals surface area (Å²) in [6.45, 7) is 0. The van der Waals surface area contributed by atoms with Crippen molar-refractivity contribution in [2.24, 2.45) is 0 Å². The highest BCUT2D eigenvalue weighted by Crippen LogP contribution is 2.41. The van der Waals surface area contributed by atoms with Crippen molar-refractivity contribution in [2.75, 3.05) is 12.4 Å². The third kappa shape index (κ3) is 2.52. The Balaban J connectivity index is 1.88. The van der Waals surface area contributed by atoms with E-state index in [1.807, 2.05) is 30.3 Å². The average Bonchev–Trinajstić information content (AvgIpc) is 2.83. The monoisotopic (exact) mass is 299 g/mol. The summed E-state index contributed by atoms with van der Waals surface area (Å²) in [5.74, 6) is -0.532. The first-order valence-corrected chi connectivity index (χ1v) is 7.27. The first kappa shape index (κ1) is 13.7. The quantitative estimate of drug-likeness (QED) is 0.885. The molecule has 0 aliphatic carbocycles. The normalized spacial score (nSPS) is 16.4. The second-order valence-corrected chi connectivity index (χ2v) is 5.63. The maximum Gasteiger partial charge on any atom is 0.240 e. The molecule has 0 radical (unpaired) electrons. The van der Waals surface area contributed by atoms with E-state index in [4.69, 9.17) is 4.74 Å². The first-order valence-electron chi connectivity index (χ1n) is 6.45. The van der Waals surface area contributed by atoms with Gasteiger partial charge in [-0.25, -0.2) is 0 Å². The van der Waals surface area contributed by atoms with Crippen LogP contribution in [0.2, 0.25) is 0 Å². The number of thioether (sulfide) groups is 1.